The molecule has 0 radical (unpaired) electrons. The molecule has 0 saturated carbocycles. The second kappa shape index (κ2) is 11.8. The highest BCUT2D eigenvalue weighted by molar-refractivity contribution is 5.48. The molecule has 2 aromatic carbocycles. The Balaban J connectivity index is 1.51. The van der Waals surface area contributed by atoms with Crippen molar-refractivity contribution in [2.45, 2.75) is 46.2 Å². The number of fused-ring (bicyclic) bond motifs is 1. The fourth-order valence-electron chi connectivity index (χ4n) is 4.73. The third kappa shape index (κ3) is 6.19. The number of nitrogen functional groups attached to an aromatic ring is 1. The summed E-state index contributed by atoms with van der Waals surface area (Å²) in [5, 5.41) is 12.8. The maximum atomic E-state index is 13.7. The van der Waals surface area contributed by atoms with Crippen molar-refractivity contribution in [3.8, 4) is 11.5 Å². The van der Waals surface area contributed by atoms with Crippen molar-refractivity contribution >= 4 is 11.8 Å². The van der Waals surface area contributed by atoms with E-state index in [1.807, 2.05) is 12.1 Å². The van der Waals surface area contributed by atoms with Crippen LogP contribution in [0.1, 0.15) is 33.5 Å². The number of anilines is 2. The standard InChI is InChI=1S/C28H28F2N6O5/c1-16-10-20(15-37)22(24(31)33-16)12-32-26-34-27(38)36(14-18-4-7-23-19(11-18)8-9-40-23)28(39)35(26)13-17-2-5-21(6-3-17)41-25(29)30/h2-7,10-11,25,37H,8-9,12-15H2,1H3,(H2,31,33)(H,32,34,38). The number of aliphatic hydroxyl groups is 1. The molecule has 4 aromatic rings. The maximum absolute atomic E-state index is 13.7. The third-order valence-corrected chi connectivity index (χ3v) is 6.70. The van der Waals surface area contributed by atoms with Crippen LogP contribution >= 0.6 is 0 Å². The highest BCUT2D eigenvalue weighted by Gasteiger charge is 2.18. The first-order valence-electron chi connectivity index (χ1n) is 12.8. The normalized spacial score (nSPS) is 12.3. The lowest BCUT2D eigenvalue weighted by atomic mass is 10.1. The molecule has 3 heterocycles. The number of nitrogens with one attached hydrogen (secondary N) is 1. The Bertz CT molecular complexity index is 1690. The van der Waals surface area contributed by atoms with Gasteiger partial charge in [-0.15, -0.1) is 0 Å². The first-order chi connectivity index (χ1) is 19.7. The number of hydrogen-bond acceptors (Lipinski definition) is 9. The number of alkyl halides is 2. The first-order valence-corrected chi connectivity index (χ1v) is 12.8. The van der Waals surface area contributed by atoms with E-state index in [1.54, 1.807) is 19.1 Å². The molecule has 13 heteroatoms. The highest BCUT2D eigenvalue weighted by atomic mass is 19.3. The summed E-state index contributed by atoms with van der Waals surface area (Å²) in [4.78, 5) is 35.2. The van der Waals surface area contributed by atoms with Crippen molar-refractivity contribution < 1.29 is 23.4 Å². The maximum Gasteiger partial charge on any atom is 0.387 e. The van der Waals surface area contributed by atoms with E-state index in [1.165, 1.54) is 28.8 Å². The first kappa shape index (κ1) is 27.8. The molecule has 41 heavy (non-hydrogen) atoms. The molecule has 0 saturated heterocycles. The summed E-state index contributed by atoms with van der Waals surface area (Å²) in [6.07, 6.45) is 0.738. The fourth-order valence-corrected chi connectivity index (χ4v) is 4.73. The molecule has 11 nitrogen and oxygen atoms in total. The molecule has 0 unspecified atom stereocenters. The van der Waals surface area contributed by atoms with Gasteiger partial charge in [0, 0.05) is 24.2 Å². The quantitative estimate of drug-likeness (QED) is 0.263. The SMILES string of the molecule is Cc1cc(CO)c(CNc2nc(=O)n(Cc3ccc4c(c3)CCO4)c(=O)n2Cc2ccc(OC(F)F)cc2)c(N)n1. The largest absolute Gasteiger partial charge is 0.493 e. The predicted molar refractivity (Wildman–Crippen MR) is 146 cm³/mol. The van der Waals surface area contributed by atoms with E-state index in [0.29, 0.717) is 29.0 Å². The number of ether oxygens (including phenoxy) is 2. The number of aromatic nitrogens is 4. The van der Waals surface area contributed by atoms with E-state index in [4.69, 9.17) is 10.5 Å². The molecule has 1 aliphatic heterocycles. The lowest BCUT2D eigenvalue weighted by Crippen LogP contribution is -2.43. The summed E-state index contributed by atoms with van der Waals surface area (Å²) in [6.45, 7) is -0.948. The number of aliphatic hydroxyl groups excluding tert-OH is 1. The van der Waals surface area contributed by atoms with Crippen LogP contribution in [0.15, 0.2) is 58.1 Å². The molecule has 0 fully saturated rings. The summed E-state index contributed by atoms with van der Waals surface area (Å²) in [7, 11) is 0. The van der Waals surface area contributed by atoms with E-state index in [9.17, 15) is 23.5 Å². The molecular weight excluding hydrogens is 538 g/mol. The summed E-state index contributed by atoms with van der Waals surface area (Å²) in [5.74, 6) is 0.911. The topological polar surface area (TPSA) is 147 Å². The molecule has 0 spiro atoms. The lowest BCUT2D eigenvalue weighted by molar-refractivity contribution is -0.0498. The second-order valence-electron chi connectivity index (χ2n) is 9.53. The van der Waals surface area contributed by atoms with Crippen molar-refractivity contribution in [3.05, 3.63) is 103 Å². The third-order valence-electron chi connectivity index (χ3n) is 6.70. The summed E-state index contributed by atoms with van der Waals surface area (Å²) in [6, 6.07) is 13.0. The van der Waals surface area contributed by atoms with E-state index < -0.39 is 18.0 Å². The van der Waals surface area contributed by atoms with Gasteiger partial charge in [0.15, 0.2) is 0 Å². The minimum Gasteiger partial charge on any atom is -0.493 e. The summed E-state index contributed by atoms with van der Waals surface area (Å²) in [5.41, 5.74) is 8.68. The molecule has 0 bridgehead atoms. The Morgan fingerprint density at radius 1 is 1.07 bits per heavy atom. The zero-order valence-corrected chi connectivity index (χ0v) is 22.1. The molecule has 1 aliphatic rings. The van der Waals surface area contributed by atoms with Gasteiger partial charge in [-0.05, 0) is 53.4 Å². The fraction of sp³-hybridized carbons (Fsp3) is 0.286. The molecule has 0 amide bonds. The van der Waals surface area contributed by atoms with E-state index >= 15 is 0 Å². The number of pyridine rings is 1. The van der Waals surface area contributed by atoms with Gasteiger partial charge in [-0.1, -0.05) is 24.3 Å². The van der Waals surface area contributed by atoms with E-state index in [2.05, 4.69) is 20.0 Å². The van der Waals surface area contributed by atoms with E-state index in [-0.39, 0.29) is 43.8 Å². The van der Waals surface area contributed by atoms with Gasteiger partial charge in [0.1, 0.15) is 17.3 Å². The average Bonchev–Trinajstić information content (AvgIpc) is 3.40. The molecule has 2 aromatic heterocycles. The number of benzene rings is 2. The van der Waals surface area contributed by atoms with Crippen LogP contribution in [0.2, 0.25) is 0 Å². The second-order valence-corrected chi connectivity index (χ2v) is 9.53. The van der Waals surface area contributed by atoms with Gasteiger partial charge in [-0.25, -0.2) is 19.1 Å². The van der Waals surface area contributed by atoms with Gasteiger partial charge in [0.25, 0.3) is 0 Å². The number of aryl methyl sites for hydroxylation is 1. The van der Waals surface area contributed by atoms with Crippen LogP contribution < -0.4 is 31.9 Å². The summed E-state index contributed by atoms with van der Waals surface area (Å²) >= 11 is 0. The monoisotopic (exact) mass is 566 g/mol. The van der Waals surface area contributed by atoms with Crippen LogP contribution in [-0.4, -0.2) is 37.4 Å². The minimum atomic E-state index is -2.97. The van der Waals surface area contributed by atoms with Crippen molar-refractivity contribution in [3.63, 3.8) is 0 Å². The Morgan fingerprint density at radius 3 is 2.54 bits per heavy atom. The number of nitrogens with two attached hydrogens (primary N) is 1. The molecule has 0 atom stereocenters. The number of halogens is 2. The number of nitrogens with zero attached hydrogens (tertiary/aromatic N) is 4. The number of hydrogen-bond donors (Lipinski definition) is 3. The molecular formula is C28H28F2N6O5. The predicted octanol–water partition coefficient (Wildman–Crippen LogP) is 2.43. The van der Waals surface area contributed by atoms with Crippen molar-refractivity contribution in [1.82, 2.24) is 19.1 Å². The Hall–Kier alpha value is -4.78. The van der Waals surface area contributed by atoms with Crippen LogP contribution in [0.5, 0.6) is 11.5 Å². The minimum absolute atomic E-state index is 0.0110. The van der Waals surface area contributed by atoms with Crippen LogP contribution in [-0.2, 0) is 32.7 Å². The van der Waals surface area contributed by atoms with Gasteiger partial charge < -0.3 is 25.6 Å². The van der Waals surface area contributed by atoms with Gasteiger partial charge in [0.2, 0.25) is 5.95 Å². The van der Waals surface area contributed by atoms with Crippen molar-refractivity contribution in [2.24, 2.45) is 0 Å². The Labute approximate surface area is 232 Å². The van der Waals surface area contributed by atoms with Crippen LogP contribution in [0.25, 0.3) is 0 Å². The van der Waals surface area contributed by atoms with Gasteiger partial charge in [-0.2, -0.15) is 13.8 Å². The molecule has 214 valence electrons. The van der Waals surface area contributed by atoms with Crippen molar-refractivity contribution in [1.29, 1.82) is 0 Å². The van der Waals surface area contributed by atoms with Crippen molar-refractivity contribution in [2.75, 3.05) is 17.7 Å². The Morgan fingerprint density at radius 2 is 1.80 bits per heavy atom. The molecule has 4 N–H and O–H groups in total. The van der Waals surface area contributed by atoms with Crippen LogP contribution in [0, 0.1) is 6.92 Å². The smallest absolute Gasteiger partial charge is 0.387 e. The average molecular weight is 567 g/mol. The summed E-state index contributed by atoms with van der Waals surface area (Å²) < 4.78 is 37.4. The highest BCUT2D eigenvalue weighted by Crippen LogP contribution is 2.26. The van der Waals surface area contributed by atoms with Gasteiger partial charge in [0.05, 0.1) is 26.3 Å². The zero-order valence-electron chi connectivity index (χ0n) is 22.1. The van der Waals surface area contributed by atoms with Crippen LogP contribution in [0.4, 0.5) is 20.5 Å². The Kier molecular flexibility index (Phi) is 7.97. The van der Waals surface area contributed by atoms with E-state index in [0.717, 1.165) is 27.9 Å². The number of rotatable bonds is 10. The lowest BCUT2D eigenvalue weighted by Gasteiger charge is -2.17. The molecule has 0 aliphatic carbocycles. The van der Waals surface area contributed by atoms with Gasteiger partial charge in [-0.3, -0.25) is 4.57 Å². The van der Waals surface area contributed by atoms with Gasteiger partial charge >= 0.3 is 18.0 Å². The zero-order chi connectivity index (χ0) is 29.1. The molecule has 5 rings (SSSR count). The van der Waals surface area contributed by atoms with Crippen LogP contribution in [0.3, 0.4) is 0 Å².